The monoisotopic (exact) mass is 380 g/mol. The van der Waals surface area contributed by atoms with Crippen molar-refractivity contribution in [3.63, 3.8) is 0 Å². The summed E-state index contributed by atoms with van der Waals surface area (Å²) in [4.78, 5) is 12.2. The number of nitrogens with one attached hydrogen (secondary N) is 2. The first-order chi connectivity index (χ1) is 13.7. The van der Waals surface area contributed by atoms with Gasteiger partial charge in [0.1, 0.15) is 12.4 Å². The summed E-state index contributed by atoms with van der Waals surface area (Å²) in [5.41, 5.74) is 2.37. The molecule has 2 aromatic carbocycles. The second-order valence-corrected chi connectivity index (χ2v) is 7.79. The number of amides is 1. The molecule has 0 aliphatic carbocycles. The van der Waals surface area contributed by atoms with Crippen molar-refractivity contribution in [2.75, 3.05) is 19.6 Å². The number of hydrogen-bond donors (Lipinski definition) is 2. The quantitative estimate of drug-likeness (QED) is 0.693. The van der Waals surface area contributed by atoms with Crippen LogP contribution in [0.5, 0.6) is 5.75 Å². The Morgan fingerprint density at radius 2 is 1.79 bits per heavy atom. The van der Waals surface area contributed by atoms with Crippen molar-refractivity contribution < 1.29 is 9.53 Å². The zero-order valence-electron chi connectivity index (χ0n) is 16.8. The Morgan fingerprint density at radius 3 is 2.50 bits per heavy atom. The van der Waals surface area contributed by atoms with Gasteiger partial charge < -0.3 is 15.4 Å². The maximum atomic E-state index is 12.2. The van der Waals surface area contributed by atoms with Crippen molar-refractivity contribution in [2.45, 2.75) is 39.2 Å². The van der Waals surface area contributed by atoms with Crippen LogP contribution in [0.4, 0.5) is 0 Å². The molecule has 2 aromatic rings. The first-order valence-corrected chi connectivity index (χ1v) is 10.4. The highest BCUT2D eigenvalue weighted by molar-refractivity contribution is 5.76. The van der Waals surface area contributed by atoms with Crippen molar-refractivity contribution in [3.8, 4) is 5.75 Å². The Kier molecular flexibility index (Phi) is 7.92. The second kappa shape index (κ2) is 10.9. The minimum Gasteiger partial charge on any atom is -0.489 e. The lowest BCUT2D eigenvalue weighted by atomic mass is 9.84. The molecule has 0 spiro atoms. The molecule has 1 unspecified atom stereocenters. The lowest BCUT2D eigenvalue weighted by Crippen LogP contribution is -2.34. The summed E-state index contributed by atoms with van der Waals surface area (Å²) in [5.74, 6) is 2.18. The van der Waals surface area contributed by atoms with Gasteiger partial charge in [0.05, 0.1) is 0 Å². The van der Waals surface area contributed by atoms with Crippen LogP contribution >= 0.6 is 0 Å². The minimum atomic E-state index is 0.175. The van der Waals surface area contributed by atoms with Gasteiger partial charge in [0.2, 0.25) is 5.91 Å². The SMILES string of the molecule is CC(CC(=O)NCCc1ccc(OCc2ccccc2)cc1)C1CCNCC1. The zero-order chi connectivity index (χ0) is 19.6. The molecule has 0 saturated carbocycles. The molecular formula is C24H32N2O2. The standard InChI is InChI=1S/C24H32N2O2/c1-19(22-12-14-25-15-13-22)17-24(27)26-16-11-20-7-9-23(10-8-20)28-18-21-5-3-2-4-6-21/h2-10,19,22,25H,11-18H2,1H3,(H,26,27). The van der Waals surface area contributed by atoms with Gasteiger partial charge in [0.25, 0.3) is 0 Å². The summed E-state index contributed by atoms with van der Waals surface area (Å²) >= 11 is 0. The molecule has 1 saturated heterocycles. The van der Waals surface area contributed by atoms with Crippen molar-refractivity contribution in [1.82, 2.24) is 10.6 Å². The molecule has 1 heterocycles. The van der Waals surface area contributed by atoms with E-state index in [1.54, 1.807) is 0 Å². The highest BCUT2D eigenvalue weighted by Gasteiger charge is 2.21. The van der Waals surface area contributed by atoms with E-state index >= 15 is 0 Å². The lowest BCUT2D eigenvalue weighted by Gasteiger charge is -2.27. The fourth-order valence-electron chi connectivity index (χ4n) is 3.78. The topological polar surface area (TPSA) is 50.4 Å². The normalized spacial score (nSPS) is 15.8. The van der Waals surface area contributed by atoms with E-state index in [1.165, 1.54) is 18.4 Å². The maximum absolute atomic E-state index is 12.2. The van der Waals surface area contributed by atoms with Gasteiger partial charge in [-0.3, -0.25) is 4.79 Å². The third kappa shape index (κ3) is 6.68. The summed E-state index contributed by atoms with van der Waals surface area (Å²) in [6.45, 7) is 5.64. The summed E-state index contributed by atoms with van der Waals surface area (Å²) in [6.07, 6.45) is 3.85. The van der Waals surface area contributed by atoms with Gasteiger partial charge >= 0.3 is 0 Å². The molecule has 150 valence electrons. The predicted molar refractivity (Wildman–Crippen MR) is 113 cm³/mol. The van der Waals surface area contributed by atoms with Crippen molar-refractivity contribution in [3.05, 3.63) is 65.7 Å². The molecule has 28 heavy (non-hydrogen) atoms. The summed E-state index contributed by atoms with van der Waals surface area (Å²) in [7, 11) is 0. The molecule has 0 radical (unpaired) electrons. The highest BCUT2D eigenvalue weighted by atomic mass is 16.5. The van der Waals surface area contributed by atoms with Gasteiger partial charge in [-0.1, -0.05) is 49.4 Å². The third-order valence-corrected chi connectivity index (χ3v) is 5.60. The lowest BCUT2D eigenvalue weighted by molar-refractivity contribution is -0.122. The summed E-state index contributed by atoms with van der Waals surface area (Å²) < 4.78 is 5.82. The Balaban J connectivity index is 1.34. The molecule has 0 aromatic heterocycles. The van der Waals surface area contributed by atoms with Gasteiger partial charge in [-0.25, -0.2) is 0 Å². The summed E-state index contributed by atoms with van der Waals surface area (Å²) in [5, 5.41) is 6.46. The van der Waals surface area contributed by atoms with E-state index in [9.17, 15) is 4.79 Å². The Morgan fingerprint density at radius 1 is 1.07 bits per heavy atom. The molecule has 1 atom stereocenters. The van der Waals surface area contributed by atoms with Crippen LogP contribution in [0, 0.1) is 11.8 Å². The Labute approximate surface area is 168 Å². The van der Waals surface area contributed by atoms with Gasteiger partial charge in [-0.05, 0) is 67.4 Å². The van der Waals surface area contributed by atoms with Crippen LogP contribution in [-0.2, 0) is 17.8 Å². The van der Waals surface area contributed by atoms with Crippen LogP contribution in [0.1, 0.15) is 37.3 Å². The maximum Gasteiger partial charge on any atom is 0.220 e. The fraction of sp³-hybridized carbons (Fsp3) is 0.458. The molecule has 4 heteroatoms. The number of carbonyl (C=O) groups is 1. The highest BCUT2D eigenvalue weighted by Crippen LogP contribution is 2.24. The van der Waals surface area contributed by atoms with Crippen LogP contribution in [-0.4, -0.2) is 25.5 Å². The number of ether oxygens (including phenoxy) is 1. The Hall–Kier alpha value is -2.33. The molecular weight excluding hydrogens is 348 g/mol. The molecule has 1 aliphatic heterocycles. The van der Waals surface area contributed by atoms with E-state index < -0.39 is 0 Å². The van der Waals surface area contributed by atoms with Gasteiger partial charge in [0, 0.05) is 13.0 Å². The number of carbonyl (C=O) groups excluding carboxylic acids is 1. The average molecular weight is 381 g/mol. The van der Waals surface area contributed by atoms with E-state index in [1.807, 2.05) is 30.3 Å². The first kappa shape index (κ1) is 20.4. The minimum absolute atomic E-state index is 0.175. The smallest absolute Gasteiger partial charge is 0.220 e. The molecule has 1 amide bonds. The molecule has 4 nitrogen and oxygen atoms in total. The molecule has 3 rings (SSSR count). The average Bonchev–Trinajstić information content (AvgIpc) is 2.74. The van der Waals surface area contributed by atoms with Crippen LogP contribution in [0.2, 0.25) is 0 Å². The molecule has 1 aliphatic rings. The van der Waals surface area contributed by atoms with Crippen LogP contribution in [0.25, 0.3) is 0 Å². The van der Waals surface area contributed by atoms with E-state index in [4.69, 9.17) is 4.74 Å². The third-order valence-electron chi connectivity index (χ3n) is 5.60. The van der Waals surface area contributed by atoms with E-state index in [0.717, 1.165) is 30.8 Å². The van der Waals surface area contributed by atoms with Crippen molar-refractivity contribution in [2.24, 2.45) is 11.8 Å². The Bertz CT molecular complexity index is 709. The van der Waals surface area contributed by atoms with Crippen molar-refractivity contribution >= 4 is 5.91 Å². The molecule has 0 bridgehead atoms. The fourth-order valence-corrected chi connectivity index (χ4v) is 3.78. The second-order valence-electron chi connectivity index (χ2n) is 7.79. The first-order valence-electron chi connectivity index (χ1n) is 10.4. The number of rotatable bonds is 9. The van der Waals surface area contributed by atoms with E-state index in [-0.39, 0.29) is 5.91 Å². The number of benzene rings is 2. The van der Waals surface area contributed by atoms with Gasteiger partial charge in [-0.2, -0.15) is 0 Å². The van der Waals surface area contributed by atoms with Gasteiger partial charge in [-0.15, -0.1) is 0 Å². The number of piperidine rings is 1. The van der Waals surface area contributed by atoms with Crippen LogP contribution in [0.15, 0.2) is 54.6 Å². The molecule has 2 N–H and O–H groups in total. The summed E-state index contributed by atoms with van der Waals surface area (Å²) in [6, 6.07) is 18.3. The zero-order valence-corrected chi connectivity index (χ0v) is 16.8. The predicted octanol–water partition coefficient (Wildman–Crippen LogP) is 3.95. The van der Waals surface area contributed by atoms with Crippen LogP contribution in [0.3, 0.4) is 0 Å². The van der Waals surface area contributed by atoms with Gasteiger partial charge in [0.15, 0.2) is 0 Å². The van der Waals surface area contributed by atoms with E-state index in [2.05, 4.69) is 41.8 Å². The van der Waals surface area contributed by atoms with Crippen molar-refractivity contribution in [1.29, 1.82) is 0 Å². The van der Waals surface area contributed by atoms with Crippen LogP contribution < -0.4 is 15.4 Å². The largest absolute Gasteiger partial charge is 0.489 e. The van der Waals surface area contributed by atoms with E-state index in [0.29, 0.717) is 31.4 Å². The number of hydrogen-bond acceptors (Lipinski definition) is 3. The molecule has 1 fully saturated rings.